The second kappa shape index (κ2) is 9.09. The van der Waals surface area contributed by atoms with Gasteiger partial charge in [-0.05, 0) is 67.7 Å². The Morgan fingerprint density at radius 3 is 2.74 bits per heavy atom. The van der Waals surface area contributed by atoms with E-state index in [9.17, 15) is 9.90 Å². The van der Waals surface area contributed by atoms with Crippen molar-refractivity contribution in [1.82, 2.24) is 19.1 Å². The van der Waals surface area contributed by atoms with Gasteiger partial charge in [-0.1, -0.05) is 6.07 Å². The highest BCUT2D eigenvalue weighted by molar-refractivity contribution is 5.89. The first-order valence-corrected chi connectivity index (χ1v) is 12.7. The van der Waals surface area contributed by atoms with Crippen LogP contribution in [0.25, 0.3) is 21.8 Å². The molecule has 4 aromatic rings. The van der Waals surface area contributed by atoms with Gasteiger partial charge in [0.15, 0.2) is 0 Å². The molecule has 2 fully saturated rings. The van der Waals surface area contributed by atoms with E-state index in [2.05, 4.69) is 28.1 Å². The number of hydrogen-bond acceptors (Lipinski definition) is 6. The lowest BCUT2D eigenvalue weighted by Crippen LogP contribution is -2.26. The quantitative estimate of drug-likeness (QED) is 0.382. The standard InChI is InChI=1S/C27H32N6O2/c28-19-9-11-31(16-19)21-6-7-22-18(13-21)14-30-24(23(22)3-1-2-12-34)17-32-26-15-29-10-8-25(26)33(27(32)35)20-4-5-20/h6-8,10,13-15,19-20,34H,1-5,9,11-12,16-17,28H2/t19-/m0/s1. The van der Waals surface area contributed by atoms with E-state index < -0.39 is 0 Å². The number of aliphatic hydroxyl groups excluding tert-OH is 1. The molecule has 0 unspecified atom stereocenters. The van der Waals surface area contributed by atoms with E-state index >= 15 is 0 Å². The number of nitrogens with two attached hydrogens (primary N) is 1. The molecule has 0 radical (unpaired) electrons. The van der Waals surface area contributed by atoms with Crippen LogP contribution in [0.4, 0.5) is 5.69 Å². The lowest BCUT2D eigenvalue weighted by Gasteiger charge is -2.20. The molecule has 8 nitrogen and oxygen atoms in total. The molecule has 0 amide bonds. The van der Waals surface area contributed by atoms with E-state index in [4.69, 9.17) is 10.7 Å². The first kappa shape index (κ1) is 22.2. The maximum absolute atomic E-state index is 13.4. The lowest BCUT2D eigenvalue weighted by atomic mass is 9.98. The summed E-state index contributed by atoms with van der Waals surface area (Å²) in [6.45, 7) is 2.44. The molecule has 35 heavy (non-hydrogen) atoms. The molecular weight excluding hydrogens is 440 g/mol. The predicted octanol–water partition coefficient (Wildman–Crippen LogP) is 2.98. The van der Waals surface area contributed by atoms with Gasteiger partial charge in [0.25, 0.3) is 0 Å². The fourth-order valence-corrected chi connectivity index (χ4v) is 5.47. The van der Waals surface area contributed by atoms with Crippen molar-refractivity contribution in [2.45, 2.75) is 57.2 Å². The number of pyridine rings is 2. The molecule has 2 aliphatic rings. The van der Waals surface area contributed by atoms with Crippen LogP contribution in [0, 0.1) is 0 Å². The zero-order valence-corrected chi connectivity index (χ0v) is 19.9. The van der Waals surface area contributed by atoms with E-state index in [0.29, 0.717) is 12.6 Å². The number of fused-ring (bicyclic) bond motifs is 2. The van der Waals surface area contributed by atoms with Crippen LogP contribution in [0.1, 0.15) is 49.4 Å². The van der Waals surface area contributed by atoms with Gasteiger partial charge in [-0.15, -0.1) is 0 Å². The fourth-order valence-electron chi connectivity index (χ4n) is 5.47. The van der Waals surface area contributed by atoms with Crippen molar-refractivity contribution in [1.29, 1.82) is 0 Å². The number of aromatic nitrogens is 4. The number of unbranched alkanes of at least 4 members (excludes halogenated alkanes) is 1. The zero-order chi connectivity index (χ0) is 23.9. The molecule has 6 rings (SSSR count). The van der Waals surface area contributed by atoms with E-state index in [1.807, 2.05) is 21.4 Å². The average molecular weight is 473 g/mol. The van der Waals surface area contributed by atoms with Crippen molar-refractivity contribution in [3.8, 4) is 0 Å². The summed E-state index contributed by atoms with van der Waals surface area (Å²) < 4.78 is 3.75. The van der Waals surface area contributed by atoms with Crippen LogP contribution in [0.2, 0.25) is 0 Å². The van der Waals surface area contributed by atoms with Gasteiger partial charge >= 0.3 is 5.69 Å². The summed E-state index contributed by atoms with van der Waals surface area (Å²) >= 11 is 0. The van der Waals surface area contributed by atoms with Crippen LogP contribution in [0.3, 0.4) is 0 Å². The second-order valence-electron chi connectivity index (χ2n) is 9.96. The van der Waals surface area contributed by atoms with Gasteiger partial charge in [-0.2, -0.15) is 0 Å². The van der Waals surface area contributed by atoms with Crippen LogP contribution >= 0.6 is 0 Å². The van der Waals surface area contributed by atoms with Crippen molar-refractivity contribution in [3.63, 3.8) is 0 Å². The van der Waals surface area contributed by atoms with Crippen LogP contribution in [0.5, 0.6) is 0 Å². The molecule has 0 bridgehead atoms. The number of hydrogen-bond donors (Lipinski definition) is 2. The molecule has 3 N–H and O–H groups in total. The summed E-state index contributed by atoms with van der Waals surface area (Å²) in [5.41, 5.74) is 11.2. The Morgan fingerprint density at radius 1 is 1.09 bits per heavy atom. The molecule has 1 atom stereocenters. The monoisotopic (exact) mass is 472 g/mol. The Hall–Kier alpha value is -3.23. The Morgan fingerprint density at radius 2 is 1.97 bits per heavy atom. The van der Waals surface area contributed by atoms with Gasteiger partial charge in [0.1, 0.15) is 0 Å². The second-order valence-corrected chi connectivity index (χ2v) is 9.96. The number of aryl methyl sites for hydroxylation is 1. The molecule has 1 saturated carbocycles. The molecule has 4 heterocycles. The average Bonchev–Trinajstić information content (AvgIpc) is 3.55. The van der Waals surface area contributed by atoms with Crippen LogP contribution < -0.4 is 16.3 Å². The summed E-state index contributed by atoms with van der Waals surface area (Å²) in [4.78, 5) is 25.0. The van der Waals surface area contributed by atoms with Gasteiger partial charge in [0.2, 0.25) is 0 Å². The van der Waals surface area contributed by atoms with Crippen LogP contribution in [-0.2, 0) is 13.0 Å². The van der Waals surface area contributed by atoms with Gasteiger partial charge in [0, 0.05) is 55.2 Å². The highest BCUT2D eigenvalue weighted by atomic mass is 16.2. The largest absolute Gasteiger partial charge is 0.396 e. The molecule has 1 aromatic carbocycles. The predicted molar refractivity (Wildman–Crippen MR) is 138 cm³/mol. The summed E-state index contributed by atoms with van der Waals surface area (Å²) in [5, 5.41) is 11.6. The highest BCUT2D eigenvalue weighted by Crippen LogP contribution is 2.36. The molecule has 1 aliphatic carbocycles. The summed E-state index contributed by atoms with van der Waals surface area (Å²) in [5.74, 6) is 0. The van der Waals surface area contributed by atoms with Crippen molar-refractivity contribution in [2.75, 3.05) is 24.6 Å². The Labute approximate surface area is 204 Å². The number of imidazole rings is 1. The first-order chi connectivity index (χ1) is 17.1. The maximum atomic E-state index is 13.4. The molecular formula is C27H32N6O2. The molecule has 8 heteroatoms. The Bertz CT molecular complexity index is 1440. The minimum Gasteiger partial charge on any atom is -0.396 e. The van der Waals surface area contributed by atoms with Gasteiger partial charge in [-0.25, -0.2) is 4.79 Å². The lowest BCUT2D eigenvalue weighted by molar-refractivity contribution is 0.284. The van der Waals surface area contributed by atoms with Crippen molar-refractivity contribution < 1.29 is 5.11 Å². The third kappa shape index (κ3) is 4.10. The topological polar surface area (TPSA) is 102 Å². The number of aliphatic hydroxyl groups is 1. The minimum absolute atomic E-state index is 0.0134. The number of anilines is 1. The SMILES string of the molecule is N[C@H]1CCN(c2ccc3c(CCCCO)c(Cn4c(=O)n(C5CC5)c5ccncc54)ncc3c2)C1. The summed E-state index contributed by atoms with van der Waals surface area (Å²) in [6.07, 6.45) is 11.0. The van der Waals surface area contributed by atoms with Crippen molar-refractivity contribution >= 4 is 27.5 Å². The summed E-state index contributed by atoms with van der Waals surface area (Å²) in [7, 11) is 0. The van der Waals surface area contributed by atoms with E-state index in [1.165, 1.54) is 5.69 Å². The van der Waals surface area contributed by atoms with E-state index in [0.717, 1.165) is 84.7 Å². The van der Waals surface area contributed by atoms with Crippen molar-refractivity contribution in [2.24, 2.45) is 5.73 Å². The van der Waals surface area contributed by atoms with Crippen LogP contribution in [-0.4, -0.2) is 49.9 Å². The van der Waals surface area contributed by atoms with Gasteiger partial charge in [-0.3, -0.25) is 19.1 Å². The Kier molecular flexibility index (Phi) is 5.78. The van der Waals surface area contributed by atoms with Crippen LogP contribution in [0.15, 0.2) is 47.7 Å². The molecule has 3 aromatic heterocycles. The minimum atomic E-state index is 0.0134. The van der Waals surface area contributed by atoms with Crippen molar-refractivity contribution in [3.05, 3.63) is 64.6 Å². The smallest absolute Gasteiger partial charge is 0.329 e. The molecule has 182 valence electrons. The van der Waals surface area contributed by atoms with Gasteiger partial charge < -0.3 is 15.7 Å². The van der Waals surface area contributed by atoms with E-state index in [1.54, 1.807) is 12.4 Å². The molecule has 1 saturated heterocycles. The third-order valence-electron chi connectivity index (χ3n) is 7.48. The molecule has 1 aliphatic heterocycles. The number of benzene rings is 1. The third-order valence-corrected chi connectivity index (χ3v) is 7.48. The maximum Gasteiger partial charge on any atom is 0.329 e. The number of rotatable bonds is 8. The van der Waals surface area contributed by atoms with Gasteiger partial charge in [0.05, 0.1) is 29.5 Å². The summed E-state index contributed by atoms with van der Waals surface area (Å²) in [6, 6.07) is 9.02. The fraction of sp³-hybridized carbons (Fsp3) is 0.444. The normalized spacial score (nSPS) is 18.2. The van der Waals surface area contributed by atoms with E-state index in [-0.39, 0.29) is 18.3 Å². The zero-order valence-electron chi connectivity index (χ0n) is 19.9. The number of nitrogens with zero attached hydrogens (tertiary/aromatic N) is 5. The Balaban J connectivity index is 1.42. The first-order valence-electron chi connectivity index (χ1n) is 12.7. The highest BCUT2D eigenvalue weighted by Gasteiger charge is 2.29. The molecule has 0 spiro atoms.